The number of carbonyl (C=O) groups is 1. The number of nitrogens with zero attached hydrogens (tertiary/aromatic N) is 1. The topological polar surface area (TPSA) is 75.8 Å². The highest BCUT2D eigenvalue weighted by Gasteiger charge is 2.43. The molecule has 1 fully saturated rings. The molecule has 1 aliphatic heterocycles. The molecule has 1 saturated heterocycles. The Balaban J connectivity index is 2.15. The summed E-state index contributed by atoms with van der Waals surface area (Å²) in [7, 11) is 0. The normalized spacial score (nSPS) is 16.6. The molecular formula is C15H22N2O3. The van der Waals surface area contributed by atoms with Crippen LogP contribution >= 0.6 is 0 Å². The number of anilines is 1. The molecule has 110 valence electrons. The van der Waals surface area contributed by atoms with E-state index in [0.29, 0.717) is 43.1 Å². The fraction of sp³-hybridized carbons (Fsp3) is 0.533. The fourth-order valence-electron chi connectivity index (χ4n) is 2.64. The van der Waals surface area contributed by atoms with Gasteiger partial charge in [0.1, 0.15) is 11.3 Å². The van der Waals surface area contributed by atoms with Crippen molar-refractivity contribution in [2.24, 2.45) is 0 Å². The second-order valence-electron chi connectivity index (χ2n) is 5.29. The Morgan fingerprint density at radius 3 is 2.75 bits per heavy atom. The molecule has 5 heteroatoms. The van der Waals surface area contributed by atoms with E-state index in [4.69, 9.17) is 10.5 Å². The van der Waals surface area contributed by atoms with Crippen LogP contribution in [0.4, 0.5) is 5.69 Å². The fourth-order valence-corrected chi connectivity index (χ4v) is 2.64. The van der Waals surface area contributed by atoms with Crippen LogP contribution in [0.2, 0.25) is 0 Å². The van der Waals surface area contributed by atoms with Crippen molar-refractivity contribution in [3.8, 4) is 5.75 Å². The molecule has 1 aromatic rings. The molecule has 0 radical (unpaired) electrons. The number of hydrogen-bond donors (Lipinski definition) is 2. The number of nitrogens with two attached hydrogens (primary N) is 1. The molecule has 0 unspecified atom stereocenters. The SMILES string of the molecule is CCCC1(O)CN(C(=O)c2c(N)cccc2OCC)C1. The van der Waals surface area contributed by atoms with Gasteiger partial charge in [0.25, 0.3) is 5.91 Å². The molecule has 1 aliphatic rings. The lowest BCUT2D eigenvalue weighted by Gasteiger charge is -2.46. The van der Waals surface area contributed by atoms with Crippen molar-refractivity contribution in [1.82, 2.24) is 4.90 Å². The van der Waals surface area contributed by atoms with Crippen LogP contribution in [-0.2, 0) is 0 Å². The number of benzene rings is 1. The first-order chi connectivity index (χ1) is 9.50. The first kappa shape index (κ1) is 14.7. The van der Waals surface area contributed by atoms with E-state index in [2.05, 4.69) is 0 Å². The van der Waals surface area contributed by atoms with Crippen molar-refractivity contribution in [3.63, 3.8) is 0 Å². The zero-order valence-corrected chi connectivity index (χ0v) is 12.1. The molecule has 3 N–H and O–H groups in total. The van der Waals surface area contributed by atoms with Gasteiger partial charge in [0.2, 0.25) is 0 Å². The molecule has 0 saturated carbocycles. The van der Waals surface area contributed by atoms with Gasteiger partial charge in [0, 0.05) is 5.69 Å². The van der Waals surface area contributed by atoms with E-state index in [1.165, 1.54) is 0 Å². The van der Waals surface area contributed by atoms with E-state index in [0.717, 1.165) is 6.42 Å². The molecule has 2 rings (SSSR count). The molecule has 0 aliphatic carbocycles. The van der Waals surface area contributed by atoms with E-state index in [9.17, 15) is 9.90 Å². The summed E-state index contributed by atoms with van der Waals surface area (Å²) in [5.41, 5.74) is 5.97. The van der Waals surface area contributed by atoms with Crippen molar-refractivity contribution >= 4 is 11.6 Å². The lowest BCUT2D eigenvalue weighted by molar-refractivity contribution is -0.0860. The predicted molar refractivity (Wildman–Crippen MR) is 77.8 cm³/mol. The van der Waals surface area contributed by atoms with Crippen LogP contribution in [0.5, 0.6) is 5.75 Å². The number of carbonyl (C=O) groups excluding carboxylic acids is 1. The Bertz CT molecular complexity index is 496. The second-order valence-corrected chi connectivity index (χ2v) is 5.29. The average Bonchev–Trinajstić information content (AvgIpc) is 2.36. The minimum atomic E-state index is -0.736. The minimum absolute atomic E-state index is 0.174. The summed E-state index contributed by atoms with van der Waals surface area (Å²) in [5.74, 6) is 0.329. The number of β-amino-alcohol motifs (C(OH)–C–C–N with tert-alkyl or cyclic N) is 1. The van der Waals surface area contributed by atoms with Crippen LogP contribution in [0.15, 0.2) is 18.2 Å². The Hall–Kier alpha value is -1.75. The van der Waals surface area contributed by atoms with Crippen LogP contribution in [0.3, 0.4) is 0 Å². The number of ether oxygens (including phenoxy) is 1. The zero-order valence-electron chi connectivity index (χ0n) is 12.1. The van der Waals surface area contributed by atoms with Crippen LogP contribution < -0.4 is 10.5 Å². The molecular weight excluding hydrogens is 256 g/mol. The maximum Gasteiger partial charge on any atom is 0.259 e. The van der Waals surface area contributed by atoms with E-state index in [-0.39, 0.29) is 5.91 Å². The quantitative estimate of drug-likeness (QED) is 0.803. The average molecular weight is 278 g/mol. The van der Waals surface area contributed by atoms with Crippen LogP contribution in [0.25, 0.3) is 0 Å². The lowest BCUT2D eigenvalue weighted by Crippen LogP contribution is -2.63. The molecule has 0 atom stereocenters. The van der Waals surface area contributed by atoms with Crippen molar-refractivity contribution in [2.45, 2.75) is 32.3 Å². The number of nitrogen functional groups attached to an aromatic ring is 1. The Morgan fingerprint density at radius 1 is 1.45 bits per heavy atom. The monoisotopic (exact) mass is 278 g/mol. The van der Waals surface area contributed by atoms with Crippen molar-refractivity contribution in [3.05, 3.63) is 23.8 Å². The zero-order chi connectivity index (χ0) is 14.8. The predicted octanol–water partition coefficient (Wildman–Crippen LogP) is 1.65. The van der Waals surface area contributed by atoms with E-state index >= 15 is 0 Å². The largest absolute Gasteiger partial charge is 0.493 e. The maximum absolute atomic E-state index is 12.5. The molecule has 1 heterocycles. The third-order valence-corrected chi connectivity index (χ3v) is 3.55. The highest BCUT2D eigenvalue weighted by molar-refractivity contribution is 6.02. The van der Waals surface area contributed by atoms with Crippen molar-refractivity contribution in [1.29, 1.82) is 0 Å². The maximum atomic E-state index is 12.5. The van der Waals surface area contributed by atoms with Gasteiger partial charge in [-0.15, -0.1) is 0 Å². The Labute approximate surface area is 119 Å². The van der Waals surface area contributed by atoms with Gasteiger partial charge in [-0.05, 0) is 25.5 Å². The van der Waals surface area contributed by atoms with E-state index < -0.39 is 5.60 Å². The van der Waals surface area contributed by atoms with E-state index in [1.807, 2.05) is 13.8 Å². The third kappa shape index (κ3) is 2.72. The molecule has 0 spiro atoms. The lowest BCUT2D eigenvalue weighted by atomic mass is 9.88. The van der Waals surface area contributed by atoms with Crippen molar-refractivity contribution in [2.75, 3.05) is 25.4 Å². The Morgan fingerprint density at radius 2 is 2.15 bits per heavy atom. The van der Waals surface area contributed by atoms with Gasteiger partial charge in [-0.1, -0.05) is 19.4 Å². The van der Waals surface area contributed by atoms with Crippen LogP contribution in [0, 0.1) is 0 Å². The van der Waals surface area contributed by atoms with E-state index in [1.54, 1.807) is 23.1 Å². The molecule has 20 heavy (non-hydrogen) atoms. The molecule has 0 aromatic heterocycles. The Kier molecular flexibility index (Phi) is 4.18. The highest BCUT2D eigenvalue weighted by Crippen LogP contribution is 2.32. The minimum Gasteiger partial charge on any atom is -0.493 e. The van der Waals surface area contributed by atoms with Crippen molar-refractivity contribution < 1.29 is 14.6 Å². The first-order valence-corrected chi connectivity index (χ1v) is 7.03. The number of amides is 1. The van der Waals surface area contributed by atoms with Gasteiger partial charge >= 0.3 is 0 Å². The summed E-state index contributed by atoms with van der Waals surface area (Å²) < 4.78 is 5.47. The number of rotatable bonds is 5. The molecule has 1 aromatic carbocycles. The van der Waals surface area contributed by atoms with Gasteiger partial charge in [0.15, 0.2) is 0 Å². The second kappa shape index (κ2) is 5.71. The molecule has 5 nitrogen and oxygen atoms in total. The third-order valence-electron chi connectivity index (χ3n) is 3.55. The standard InChI is InChI=1S/C15H22N2O3/c1-3-8-15(19)9-17(10-15)14(18)13-11(16)6-5-7-12(13)20-4-2/h5-7,19H,3-4,8-10,16H2,1-2H3. The van der Waals surface area contributed by atoms with Crippen LogP contribution in [-0.4, -0.2) is 41.2 Å². The van der Waals surface area contributed by atoms with Gasteiger partial charge in [-0.2, -0.15) is 0 Å². The summed E-state index contributed by atoms with van der Waals surface area (Å²) in [6.45, 7) is 5.08. The summed E-state index contributed by atoms with van der Waals surface area (Å²) in [6, 6.07) is 5.19. The van der Waals surface area contributed by atoms with Gasteiger partial charge in [-0.25, -0.2) is 0 Å². The first-order valence-electron chi connectivity index (χ1n) is 7.03. The smallest absolute Gasteiger partial charge is 0.259 e. The summed E-state index contributed by atoms with van der Waals surface area (Å²) in [4.78, 5) is 14.1. The number of hydrogen-bond acceptors (Lipinski definition) is 4. The van der Waals surface area contributed by atoms with Gasteiger partial charge in [-0.3, -0.25) is 4.79 Å². The summed E-state index contributed by atoms with van der Waals surface area (Å²) >= 11 is 0. The molecule has 0 bridgehead atoms. The van der Waals surface area contributed by atoms with Gasteiger partial charge < -0.3 is 20.5 Å². The highest BCUT2D eigenvalue weighted by atomic mass is 16.5. The number of likely N-dealkylation sites (tertiary alicyclic amines) is 1. The summed E-state index contributed by atoms with van der Waals surface area (Å²) in [5, 5.41) is 10.2. The molecule has 1 amide bonds. The van der Waals surface area contributed by atoms with Crippen LogP contribution in [0.1, 0.15) is 37.0 Å². The number of aliphatic hydroxyl groups is 1. The summed E-state index contributed by atoms with van der Waals surface area (Å²) in [6.07, 6.45) is 1.61. The van der Waals surface area contributed by atoms with Gasteiger partial charge in [0.05, 0.1) is 25.3 Å².